The van der Waals surface area contributed by atoms with Crippen molar-refractivity contribution in [3.63, 3.8) is 0 Å². The van der Waals surface area contributed by atoms with Gasteiger partial charge >= 0.3 is 0 Å². The molecule has 0 radical (unpaired) electrons. The SMILES string of the molecule is COc1cc(-c2cnc3ccc(N=C(N)SC(=N)C4CCCC4)nc3c2)ccc1OCc1ccccc1. The van der Waals surface area contributed by atoms with E-state index < -0.39 is 0 Å². The van der Waals surface area contributed by atoms with Gasteiger partial charge in [-0.3, -0.25) is 10.4 Å². The van der Waals surface area contributed by atoms with Gasteiger partial charge in [0, 0.05) is 17.7 Å². The predicted octanol–water partition coefficient (Wildman–Crippen LogP) is 6.73. The molecule has 0 aliphatic heterocycles. The topological polar surface area (TPSA) is 106 Å². The van der Waals surface area contributed by atoms with Gasteiger partial charge in [-0.1, -0.05) is 49.2 Å². The molecule has 0 unspecified atom stereocenters. The normalized spacial score (nSPS) is 14.1. The Labute approximate surface area is 220 Å². The van der Waals surface area contributed by atoms with Crippen LogP contribution >= 0.6 is 11.8 Å². The second kappa shape index (κ2) is 11.4. The van der Waals surface area contributed by atoms with Crippen LogP contribution in [0.2, 0.25) is 0 Å². The molecule has 4 aromatic rings. The first-order valence-corrected chi connectivity index (χ1v) is 13.1. The molecule has 2 aromatic heterocycles. The number of nitrogens with zero attached hydrogens (tertiary/aromatic N) is 3. The standard InChI is InChI=1S/C29H29N5O2S/c1-35-26-16-21(11-13-25(26)36-18-19-7-3-2-4-8-19)22-15-24-23(32-17-22)12-14-27(33-24)34-29(31)37-28(30)20-9-5-6-10-20/h2-4,7-8,11-17,20,30H,5-6,9-10,18H2,1H3,(H2,31,33,34). The Bertz CT molecular complexity index is 1440. The Balaban J connectivity index is 1.34. The lowest BCUT2D eigenvalue weighted by Gasteiger charge is -2.13. The molecular weight excluding hydrogens is 482 g/mol. The van der Waals surface area contributed by atoms with Crippen LogP contribution in [0.15, 0.2) is 77.9 Å². The molecule has 7 nitrogen and oxygen atoms in total. The van der Waals surface area contributed by atoms with E-state index in [2.05, 4.69) is 15.0 Å². The van der Waals surface area contributed by atoms with E-state index in [4.69, 9.17) is 20.6 Å². The summed E-state index contributed by atoms with van der Waals surface area (Å²) in [5, 5.41) is 9.24. The summed E-state index contributed by atoms with van der Waals surface area (Å²) in [6.07, 6.45) is 6.31. The lowest BCUT2D eigenvalue weighted by atomic mass is 10.1. The van der Waals surface area contributed by atoms with E-state index in [1.807, 2.05) is 66.9 Å². The minimum Gasteiger partial charge on any atom is -0.493 e. The van der Waals surface area contributed by atoms with Gasteiger partial charge in [-0.15, -0.1) is 0 Å². The quantitative estimate of drug-likeness (QED) is 0.210. The Morgan fingerprint density at radius 3 is 2.59 bits per heavy atom. The number of amidine groups is 1. The summed E-state index contributed by atoms with van der Waals surface area (Å²) in [4.78, 5) is 13.7. The minimum absolute atomic E-state index is 0.308. The number of methoxy groups -OCH3 is 1. The summed E-state index contributed by atoms with van der Waals surface area (Å²) in [6.45, 7) is 0.461. The maximum absolute atomic E-state index is 8.31. The number of nitrogens with one attached hydrogen (secondary N) is 1. The van der Waals surface area contributed by atoms with Crippen LogP contribution in [0.3, 0.4) is 0 Å². The second-order valence-corrected chi connectivity index (χ2v) is 10.0. The van der Waals surface area contributed by atoms with Crippen molar-refractivity contribution < 1.29 is 9.47 Å². The number of hydrogen-bond acceptors (Lipinski definition) is 7. The molecule has 8 heteroatoms. The Hall–Kier alpha value is -3.91. The molecule has 188 valence electrons. The lowest BCUT2D eigenvalue weighted by Crippen LogP contribution is -2.14. The van der Waals surface area contributed by atoms with Crippen LogP contribution in [0.4, 0.5) is 5.82 Å². The summed E-state index contributed by atoms with van der Waals surface area (Å²) in [6, 6.07) is 21.5. The number of fused-ring (bicyclic) bond motifs is 1. The highest BCUT2D eigenvalue weighted by Crippen LogP contribution is 2.34. The fraction of sp³-hybridized carbons (Fsp3) is 0.241. The van der Waals surface area contributed by atoms with Gasteiger partial charge in [0.2, 0.25) is 0 Å². The molecule has 37 heavy (non-hydrogen) atoms. The van der Waals surface area contributed by atoms with E-state index in [0.29, 0.717) is 45.6 Å². The molecule has 0 atom stereocenters. The first kappa shape index (κ1) is 24.8. The van der Waals surface area contributed by atoms with Crippen LogP contribution in [0.25, 0.3) is 22.2 Å². The highest BCUT2D eigenvalue weighted by molar-refractivity contribution is 8.26. The first-order valence-electron chi connectivity index (χ1n) is 12.3. The molecular formula is C29H29N5O2S. The van der Waals surface area contributed by atoms with Crippen molar-refractivity contribution >= 4 is 38.8 Å². The second-order valence-electron chi connectivity index (χ2n) is 8.97. The van der Waals surface area contributed by atoms with Crippen LogP contribution < -0.4 is 15.2 Å². The monoisotopic (exact) mass is 511 g/mol. The molecule has 2 heterocycles. The van der Waals surface area contributed by atoms with Crippen molar-refractivity contribution in [2.45, 2.75) is 32.3 Å². The third-order valence-electron chi connectivity index (χ3n) is 6.42. The summed E-state index contributed by atoms with van der Waals surface area (Å²) >= 11 is 1.23. The summed E-state index contributed by atoms with van der Waals surface area (Å²) < 4.78 is 11.6. The van der Waals surface area contributed by atoms with E-state index in [0.717, 1.165) is 35.0 Å². The zero-order valence-electron chi connectivity index (χ0n) is 20.7. The number of pyridine rings is 2. The van der Waals surface area contributed by atoms with Gasteiger partial charge in [0.1, 0.15) is 6.61 Å². The maximum atomic E-state index is 8.31. The molecule has 0 amide bonds. The Morgan fingerprint density at radius 1 is 1.00 bits per heavy atom. The smallest absolute Gasteiger partial charge is 0.166 e. The summed E-state index contributed by atoms with van der Waals surface area (Å²) in [7, 11) is 1.63. The highest BCUT2D eigenvalue weighted by atomic mass is 32.2. The molecule has 0 bridgehead atoms. The molecule has 1 aliphatic rings. The van der Waals surface area contributed by atoms with Crippen molar-refractivity contribution in [1.82, 2.24) is 9.97 Å². The Kier molecular flexibility index (Phi) is 7.65. The largest absolute Gasteiger partial charge is 0.493 e. The van der Waals surface area contributed by atoms with Crippen LogP contribution in [-0.2, 0) is 6.61 Å². The number of rotatable bonds is 7. The Morgan fingerprint density at radius 2 is 1.81 bits per heavy atom. The minimum atomic E-state index is 0.308. The van der Waals surface area contributed by atoms with E-state index >= 15 is 0 Å². The predicted molar refractivity (Wildman–Crippen MR) is 151 cm³/mol. The number of ether oxygens (including phenoxy) is 2. The zero-order valence-corrected chi connectivity index (χ0v) is 21.5. The number of thioether (sulfide) groups is 1. The highest BCUT2D eigenvalue weighted by Gasteiger charge is 2.21. The fourth-order valence-corrected chi connectivity index (χ4v) is 5.20. The first-order chi connectivity index (χ1) is 18.1. The number of aliphatic imine (C=N–C) groups is 1. The van der Waals surface area contributed by atoms with E-state index in [1.165, 1.54) is 24.6 Å². The summed E-state index contributed by atoms with van der Waals surface area (Å²) in [5.41, 5.74) is 10.5. The number of hydrogen-bond donors (Lipinski definition) is 2. The van der Waals surface area contributed by atoms with Gasteiger partial charge < -0.3 is 15.2 Å². The van der Waals surface area contributed by atoms with Crippen molar-refractivity contribution in [2.24, 2.45) is 16.6 Å². The fourth-order valence-electron chi connectivity index (χ4n) is 4.44. The summed E-state index contributed by atoms with van der Waals surface area (Å²) in [5.74, 6) is 2.13. The van der Waals surface area contributed by atoms with Crippen molar-refractivity contribution in [3.8, 4) is 22.6 Å². The van der Waals surface area contributed by atoms with E-state index in [-0.39, 0.29) is 0 Å². The van der Waals surface area contributed by atoms with Gasteiger partial charge in [-0.25, -0.2) is 9.98 Å². The molecule has 1 saturated carbocycles. The number of benzene rings is 2. The maximum Gasteiger partial charge on any atom is 0.166 e. The van der Waals surface area contributed by atoms with E-state index in [1.54, 1.807) is 13.2 Å². The van der Waals surface area contributed by atoms with Crippen molar-refractivity contribution in [2.75, 3.05) is 7.11 Å². The van der Waals surface area contributed by atoms with Crippen LogP contribution in [-0.4, -0.2) is 27.3 Å². The van der Waals surface area contributed by atoms with Crippen LogP contribution in [0.1, 0.15) is 31.2 Å². The molecule has 0 spiro atoms. The van der Waals surface area contributed by atoms with Gasteiger partial charge in [-0.05, 0) is 66.1 Å². The average molecular weight is 512 g/mol. The number of aromatic nitrogens is 2. The molecule has 1 fully saturated rings. The molecule has 5 rings (SSSR count). The van der Waals surface area contributed by atoms with Gasteiger partial charge in [0.25, 0.3) is 0 Å². The third-order valence-corrected chi connectivity index (χ3v) is 7.28. The number of nitrogens with two attached hydrogens (primary N) is 1. The molecule has 2 aromatic carbocycles. The van der Waals surface area contributed by atoms with Crippen molar-refractivity contribution in [3.05, 3.63) is 78.5 Å². The van der Waals surface area contributed by atoms with Gasteiger partial charge in [-0.2, -0.15) is 0 Å². The van der Waals surface area contributed by atoms with Crippen LogP contribution in [0, 0.1) is 11.3 Å². The van der Waals surface area contributed by atoms with E-state index in [9.17, 15) is 0 Å². The third kappa shape index (κ3) is 6.09. The van der Waals surface area contributed by atoms with Crippen molar-refractivity contribution in [1.29, 1.82) is 5.41 Å². The molecule has 0 saturated heterocycles. The average Bonchev–Trinajstić information content (AvgIpc) is 3.47. The lowest BCUT2D eigenvalue weighted by molar-refractivity contribution is 0.284. The van der Waals surface area contributed by atoms with Gasteiger partial charge in [0.05, 0.1) is 23.2 Å². The molecule has 1 aliphatic carbocycles. The van der Waals surface area contributed by atoms with Gasteiger partial charge in [0.15, 0.2) is 22.5 Å². The van der Waals surface area contributed by atoms with Crippen LogP contribution in [0.5, 0.6) is 11.5 Å². The molecule has 3 N–H and O–H groups in total. The zero-order chi connectivity index (χ0) is 25.6.